The summed E-state index contributed by atoms with van der Waals surface area (Å²) in [5.74, 6) is -0.388. The molecule has 0 radical (unpaired) electrons. The van der Waals surface area contributed by atoms with E-state index in [-0.39, 0.29) is 17.8 Å². The third-order valence-electron chi connectivity index (χ3n) is 1.75. The molecule has 1 heterocycles. The van der Waals surface area contributed by atoms with Crippen LogP contribution in [0.3, 0.4) is 0 Å². The van der Waals surface area contributed by atoms with E-state index in [0.717, 1.165) is 0 Å². The number of aliphatic hydroxyl groups is 1. The molecule has 84 valence electrons. The van der Waals surface area contributed by atoms with E-state index in [1.54, 1.807) is 0 Å². The normalized spacial score (nSPS) is 12.7. The summed E-state index contributed by atoms with van der Waals surface area (Å²) in [5, 5.41) is 19.8. The minimum atomic E-state index is -0.388. The van der Waals surface area contributed by atoms with Crippen molar-refractivity contribution in [2.75, 3.05) is 6.61 Å². The second-order valence-electron chi connectivity index (χ2n) is 2.83. The molecule has 1 amide bonds. The molecule has 1 rings (SSSR count). The number of thioether (sulfide) groups is 1. The molecule has 0 saturated heterocycles. The Balaban J connectivity index is 2.69. The zero-order chi connectivity index (χ0) is 11.3. The molecule has 3 N–H and O–H groups in total. The Hall–Kier alpha value is -1.15. The van der Waals surface area contributed by atoms with Crippen LogP contribution in [0.2, 0.25) is 0 Å². The minimum absolute atomic E-state index is 0.0496. The average molecular weight is 231 g/mol. The van der Waals surface area contributed by atoms with E-state index in [9.17, 15) is 4.79 Å². The predicted octanol–water partition coefficient (Wildman–Crippen LogP) is -0.979. The standard InChI is InChI=1S/C7H13N5O2S/c1-2-5(6(8)14)15-7-9-10-11-12(7)3-4-13/h5,13H,2-4H2,1H3,(H2,8,14). The molecule has 8 heteroatoms. The number of aliphatic hydroxyl groups excluding tert-OH is 1. The summed E-state index contributed by atoms with van der Waals surface area (Å²) in [7, 11) is 0. The van der Waals surface area contributed by atoms with Gasteiger partial charge < -0.3 is 10.8 Å². The van der Waals surface area contributed by atoms with Crippen molar-refractivity contribution in [3.63, 3.8) is 0 Å². The maximum Gasteiger partial charge on any atom is 0.231 e. The van der Waals surface area contributed by atoms with Crippen molar-refractivity contribution >= 4 is 17.7 Å². The summed E-state index contributed by atoms with van der Waals surface area (Å²) in [4.78, 5) is 11.0. The summed E-state index contributed by atoms with van der Waals surface area (Å²) >= 11 is 1.21. The van der Waals surface area contributed by atoms with E-state index in [2.05, 4.69) is 15.5 Å². The number of carbonyl (C=O) groups is 1. The van der Waals surface area contributed by atoms with Gasteiger partial charge in [0.15, 0.2) is 0 Å². The van der Waals surface area contributed by atoms with Gasteiger partial charge in [0.05, 0.1) is 18.4 Å². The van der Waals surface area contributed by atoms with E-state index in [1.165, 1.54) is 16.4 Å². The quantitative estimate of drug-likeness (QED) is 0.609. The Kier molecular flexibility index (Phi) is 4.50. The summed E-state index contributed by atoms with van der Waals surface area (Å²) in [6.07, 6.45) is 0.617. The van der Waals surface area contributed by atoms with Crippen molar-refractivity contribution in [3.8, 4) is 0 Å². The number of hydrogen-bond acceptors (Lipinski definition) is 6. The molecule has 0 spiro atoms. The van der Waals surface area contributed by atoms with Crippen LogP contribution in [0, 0.1) is 0 Å². The van der Waals surface area contributed by atoms with Gasteiger partial charge in [0.2, 0.25) is 11.1 Å². The number of tetrazole rings is 1. The predicted molar refractivity (Wildman–Crippen MR) is 54.0 cm³/mol. The Morgan fingerprint density at radius 3 is 3.00 bits per heavy atom. The third-order valence-corrected chi connectivity index (χ3v) is 3.10. The van der Waals surface area contributed by atoms with Gasteiger partial charge in [-0.2, -0.15) is 0 Å². The summed E-state index contributed by atoms with van der Waals surface area (Å²) < 4.78 is 1.44. The fraction of sp³-hybridized carbons (Fsp3) is 0.714. The first-order chi connectivity index (χ1) is 7.19. The molecule has 7 nitrogen and oxygen atoms in total. The van der Waals surface area contributed by atoms with Gasteiger partial charge in [-0.1, -0.05) is 18.7 Å². The van der Waals surface area contributed by atoms with Gasteiger partial charge in [0.25, 0.3) is 0 Å². The molecule has 1 unspecified atom stereocenters. The van der Waals surface area contributed by atoms with Crippen molar-refractivity contribution in [3.05, 3.63) is 0 Å². The number of primary amides is 1. The first-order valence-electron chi connectivity index (χ1n) is 4.52. The van der Waals surface area contributed by atoms with E-state index < -0.39 is 0 Å². The number of hydrogen-bond donors (Lipinski definition) is 2. The number of nitrogens with two attached hydrogens (primary N) is 1. The van der Waals surface area contributed by atoms with Crippen LogP contribution in [-0.4, -0.2) is 43.1 Å². The van der Waals surface area contributed by atoms with Gasteiger partial charge >= 0.3 is 0 Å². The molecule has 1 aromatic rings. The van der Waals surface area contributed by atoms with Gasteiger partial charge in [0, 0.05) is 0 Å². The van der Waals surface area contributed by atoms with Crippen molar-refractivity contribution in [1.29, 1.82) is 0 Å². The molecule has 1 atom stereocenters. The molecule has 0 aliphatic carbocycles. The zero-order valence-electron chi connectivity index (χ0n) is 8.33. The highest BCUT2D eigenvalue weighted by Gasteiger charge is 2.18. The van der Waals surface area contributed by atoms with Crippen LogP contribution in [0.25, 0.3) is 0 Å². The van der Waals surface area contributed by atoms with Crippen molar-refractivity contribution in [2.45, 2.75) is 30.3 Å². The Morgan fingerprint density at radius 2 is 2.47 bits per heavy atom. The maximum absolute atomic E-state index is 11.0. The fourth-order valence-electron chi connectivity index (χ4n) is 0.986. The smallest absolute Gasteiger partial charge is 0.231 e. The van der Waals surface area contributed by atoms with Crippen LogP contribution in [0.1, 0.15) is 13.3 Å². The highest BCUT2D eigenvalue weighted by molar-refractivity contribution is 8.00. The van der Waals surface area contributed by atoms with Gasteiger partial charge in [0.1, 0.15) is 0 Å². The number of aromatic nitrogens is 4. The largest absolute Gasteiger partial charge is 0.394 e. The van der Waals surface area contributed by atoms with Crippen LogP contribution in [0.5, 0.6) is 0 Å². The Bertz CT molecular complexity index is 329. The highest BCUT2D eigenvalue weighted by atomic mass is 32.2. The second-order valence-corrected chi connectivity index (χ2v) is 4.00. The van der Waals surface area contributed by atoms with Crippen LogP contribution in [0.4, 0.5) is 0 Å². The average Bonchev–Trinajstić information content (AvgIpc) is 2.62. The lowest BCUT2D eigenvalue weighted by Gasteiger charge is -2.08. The van der Waals surface area contributed by atoms with Crippen LogP contribution in [0.15, 0.2) is 5.16 Å². The van der Waals surface area contributed by atoms with E-state index in [0.29, 0.717) is 18.1 Å². The molecule has 1 aromatic heterocycles. The van der Waals surface area contributed by atoms with E-state index >= 15 is 0 Å². The van der Waals surface area contributed by atoms with Gasteiger partial charge in [-0.25, -0.2) is 4.68 Å². The highest BCUT2D eigenvalue weighted by Crippen LogP contribution is 2.22. The topological polar surface area (TPSA) is 107 Å². The van der Waals surface area contributed by atoms with Crippen LogP contribution >= 0.6 is 11.8 Å². The SMILES string of the molecule is CCC(Sc1nnnn1CCO)C(N)=O. The first-order valence-corrected chi connectivity index (χ1v) is 5.40. The Morgan fingerprint density at radius 1 is 1.73 bits per heavy atom. The maximum atomic E-state index is 11.0. The third kappa shape index (κ3) is 3.17. The summed E-state index contributed by atoms with van der Waals surface area (Å²) in [5.41, 5.74) is 5.20. The lowest BCUT2D eigenvalue weighted by molar-refractivity contribution is -0.117. The van der Waals surface area contributed by atoms with Crippen LogP contribution in [-0.2, 0) is 11.3 Å². The zero-order valence-corrected chi connectivity index (χ0v) is 9.15. The Labute approximate surface area is 91.0 Å². The molecule has 0 aliphatic heterocycles. The van der Waals surface area contributed by atoms with E-state index in [1.807, 2.05) is 6.92 Å². The number of carbonyl (C=O) groups excluding carboxylic acids is 1. The lowest BCUT2D eigenvalue weighted by atomic mass is 10.3. The lowest BCUT2D eigenvalue weighted by Crippen LogP contribution is -2.25. The first kappa shape index (κ1) is 11.9. The molecule has 0 fully saturated rings. The molecule has 0 bridgehead atoms. The van der Waals surface area contributed by atoms with Crippen molar-refractivity contribution in [1.82, 2.24) is 20.2 Å². The molecule has 0 aromatic carbocycles. The molecular formula is C7H13N5O2S. The molecule has 0 aliphatic rings. The second kappa shape index (κ2) is 5.66. The summed E-state index contributed by atoms with van der Waals surface area (Å²) in [6.45, 7) is 2.12. The minimum Gasteiger partial charge on any atom is -0.394 e. The van der Waals surface area contributed by atoms with Gasteiger partial charge in [-0.3, -0.25) is 4.79 Å². The number of rotatable bonds is 6. The summed E-state index contributed by atoms with van der Waals surface area (Å²) in [6, 6.07) is 0. The molecule has 15 heavy (non-hydrogen) atoms. The molecular weight excluding hydrogens is 218 g/mol. The van der Waals surface area contributed by atoms with Gasteiger partial charge in [-0.15, -0.1) is 5.10 Å². The monoisotopic (exact) mass is 231 g/mol. The number of nitrogens with zero attached hydrogens (tertiary/aromatic N) is 4. The van der Waals surface area contributed by atoms with Crippen molar-refractivity contribution in [2.24, 2.45) is 5.73 Å². The van der Waals surface area contributed by atoms with Crippen LogP contribution < -0.4 is 5.73 Å². The number of amides is 1. The molecule has 0 saturated carbocycles. The van der Waals surface area contributed by atoms with Gasteiger partial charge in [-0.05, 0) is 16.8 Å². The van der Waals surface area contributed by atoms with Crippen molar-refractivity contribution < 1.29 is 9.90 Å². The van der Waals surface area contributed by atoms with E-state index in [4.69, 9.17) is 10.8 Å². The fourth-order valence-corrected chi connectivity index (χ4v) is 1.86.